The Hall–Kier alpha value is -3.15. The fourth-order valence-electron chi connectivity index (χ4n) is 4.18. The lowest BCUT2D eigenvalue weighted by Gasteiger charge is -2.37. The van der Waals surface area contributed by atoms with Crippen LogP contribution in [0, 0.1) is 0 Å². The first-order chi connectivity index (χ1) is 16.3. The minimum Gasteiger partial charge on any atom is -0.375 e. The van der Waals surface area contributed by atoms with Crippen LogP contribution in [0.1, 0.15) is 30.4 Å². The second-order valence-electron chi connectivity index (χ2n) is 8.25. The highest BCUT2D eigenvalue weighted by Crippen LogP contribution is 2.32. The van der Waals surface area contributed by atoms with Crippen molar-refractivity contribution < 1.29 is 13.2 Å². The number of thiocarbonyl (C=S) groups is 1. The van der Waals surface area contributed by atoms with E-state index in [0.717, 1.165) is 43.4 Å². The molecule has 2 aromatic rings. The Balaban J connectivity index is 1.49. The zero-order valence-corrected chi connectivity index (χ0v) is 19.4. The van der Waals surface area contributed by atoms with Crippen LogP contribution in [-0.2, 0) is 6.18 Å². The minimum atomic E-state index is -4.35. The normalized spacial score (nSPS) is 17.3. The average molecular weight is 493 g/mol. The SMILES string of the molecule is NC(=S)NN=Cc1cnc(N2CCN(c3cccc(C(F)(F)F)c3)CC2)nc1N1CCCCC1. The van der Waals surface area contributed by atoms with E-state index in [1.807, 2.05) is 4.90 Å². The fraction of sp³-hybridized carbons (Fsp3) is 0.455. The molecule has 0 bridgehead atoms. The molecule has 3 heterocycles. The third kappa shape index (κ3) is 5.85. The van der Waals surface area contributed by atoms with Gasteiger partial charge in [-0.3, -0.25) is 5.43 Å². The van der Waals surface area contributed by atoms with Crippen LogP contribution in [0.5, 0.6) is 0 Å². The van der Waals surface area contributed by atoms with E-state index in [1.54, 1.807) is 18.5 Å². The molecule has 2 saturated heterocycles. The van der Waals surface area contributed by atoms with E-state index in [9.17, 15) is 13.2 Å². The van der Waals surface area contributed by atoms with Gasteiger partial charge in [0.25, 0.3) is 0 Å². The lowest BCUT2D eigenvalue weighted by molar-refractivity contribution is -0.137. The third-order valence-corrected chi connectivity index (χ3v) is 6.01. The van der Waals surface area contributed by atoms with E-state index in [1.165, 1.54) is 18.6 Å². The van der Waals surface area contributed by atoms with Crippen molar-refractivity contribution in [3.8, 4) is 0 Å². The Labute approximate surface area is 201 Å². The van der Waals surface area contributed by atoms with Gasteiger partial charge in [0.1, 0.15) is 5.82 Å². The highest BCUT2D eigenvalue weighted by molar-refractivity contribution is 7.80. The van der Waals surface area contributed by atoms with Crippen molar-refractivity contribution in [2.75, 3.05) is 54.0 Å². The van der Waals surface area contributed by atoms with E-state index in [-0.39, 0.29) is 5.11 Å². The summed E-state index contributed by atoms with van der Waals surface area (Å²) < 4.78 is 39.3. The maximum atomic E-state index is 13.1. The van der Waals surface area contributed by atoms with Gasteiger partial charge in [0, 0.05) is 51.2 Å². The fourth-order valence-corrected chi connectivity index (χ4v) is 4.24. The molecule has 3 N–H and O–H groups in total. The number of hydrazone groups is 1. The number of nitrogens with two attached hydrogens (primary N) is 1. The van der Waals surface area contributed by atoms with Crippen LogP contribution in [-0.4, -0.2) is 60.6 Å². The van der Waals surface area contributed by atoms with E-state index >= 15 is 0 Å². The van der Waals surface area contributed by atoms with Crippen molar-refractivity contribution >= 4 is 41.0 Å². The number of alkyl halides is 3. The van der Waals surface area contributed by atoms with Crippen molar-refractivity contribution in [1.82, 2.24) is 15.4 Å². The smallest absolute Gasteiger partial charge is 0.375 e. The predicted molar refractivity (Wildman–Crippen MR) is 131 cm³/mol. The molecular formula is C22H27F3N8S. The third-order valence-electron chi connectivity index (χ3n) is 5.92. The molecule has 0 radical (unpaired) electrons. The van der Waals surface area contributed by atoms with Crippen LogP contribution in [0.3, 0.4) is 0 Å². The van der Waals surface area contributed by atoms with Gasteiger partial charge in [-0.1, -0.05) is 6.07 Å². The van der Waals surface area contributed by atoms with Crippen molar-refractivity contribution in [2.24, 2.45) is 10.8 Å². The number of hydrogen-bond acceptors (Lipinski definition) is 7. The summed E-state index contributed by atoms with van der Waals surface area (Å²) in [6.45, 7) is 4.17. The molecule has 2 aliphatic heterocycles. The molecule has 0 spiro atoms. The van der Waals surface area contributed by atoms with Crippen molar-refractivity contribution in [3.63, 3.8) is 0 Å². The van der Waals surface area contributed by atoms with Gasteiger partial charge in [0.05, 0.1) is 17.3 Å². The first kappa shape index (κ1) is 24.0. The molecule has 2 aliphatic rings. The molecular weight excluding hydrogens is 465 g/mol. The zero-order valence-electron chi connectivity index (χ0n) is 18.6. The van der Waals surface area contributed by atoms with Crippen LogP contribution < -0.4 is 25.9 Å². The number of halogens is 3. The summed E-state index contributed by atoms with van der Waals surface area (Å²) in [6, 6.07) is 5.46. The summed E-state index contributed by atoms with van der Waals surface area (Å²) in [6.07, 6.45) is 2.37. The number of nitrogens with one attached hydrogen (secondary N) is 1. The molecule has 0 unspecified atom stereocenters. The van der Waals surface area contributed by atoms with Crippen LogP contribution in [0.15, 0.2) is 35.6 Å². The number of piperazine rings is 1. The number of rotatable bonds is 5. The van der Waals surface area contributed by atoms with Crippen LogP contribution in [0.2, 0.25) is 0 Å². The molecule has 0 amide bonds. The second kappa shape index (κ2) is 10.4. The topological polar surface area (TPSA) is 85.9 Å². The zero-order chi connectivity index (χ0) is 24.1. The van der Waals surface area contributed by atoms with Crippen LogP contribution in [0.4, 0.5) is 30.6 Å². The molecule has 1 aromatic carbocycles. The number of benzene rings is 1. The van der Waals surface area contributed by atoms with Gasteiger partial charge in [-0.15, -0.1) is 0 Å². The van der Waals surface area contributed by atoms with Crippen LogP contribution in [0.25, 0.3) is 0 Å². The average Bonchev–Trinajstić information content (AvgIpc) is 2.84. The Bertz CT molecular complexity index is 1030. The molecule has 0 atom stereocenters. The predicted octanol–water partition coefficient (Wildman–Crippen LogP) is 2.98. The second-order valence-corrected chi connectivity index (χ2v) is 8.69. The van der Waals surface area contributed by atoms with E-state index in [0.29, 0.717) is 37.8 Å². The standard InChI is InChI=1S/C22H27F3N8S/c23-22(24,25)17-5-4-6-18(13-17)31-9-11-33(12-10-31)21-27-14-16(15-28-30-20(26)34)19(29-21)32-7-2-1-3-8-32/h4-6,13-15H,1-3,7-12H2,(H3,26,30,34). The van der Waals surface area contributed by atoms with E-state index < -0.39 is 11.7 Å². The van der Waals surface area contributed by atoms with Crippen molar-refractivity contribution in [3.05, 3.63) is 41.6 Å². The number of anilines is 3. The van der Waals surface area contributed by atoms with Gasteiger partial charge in [-0.2, -0.15) is 23.3 Å². The Kier molecular flexibility index (Phi) is 7.35. The number of nitrogens with zero attached hydrogens (tertiary/aromatic N) is 6. The Morgan fingerprint density at radius 1 is 1.03 bits per heavy atom. The van der Waals surface area contributed by atoms with Crippen LogP contribution >= 0.6 is 12.2 Å². The largest absolute Gasteiger partial charge is 0.416 e. The Morgan fingerprint density at radius 2 is 1.74 bits per heavy atom. The highest BCUT2D eigenvalue weighted by Gasteiger charge is 2.31. The van der Waals surface area contributed by atoms with Gasteiger partial charge < -0.3 is 20.4 Å². The number of piperidine rings is 1. The molecule has 34 heavy (non-hydrogen) atoms. The minimum absolute atomic E-state index is 0.0759. The first-order valence-corrected chi connectivity index (χ1v) is 11.6. The molecule has 0 saturated carbocycles. The lowest BCUT2D eigenvalue weighted by atomic mass is 10.1. The summed E-state index contributed by atoms with van der Waals surface area (Å²) >= 11 is 4.79. The van der Waals surface area contributed by atoms with Gasteiger partial charge in [0.2, 0.25) is 5.95 Å². The molecule has 2 fully saturated rings. The van der Waals surface area contributed by atoms with Gasteiger partial charge in [-0.25, -0.2) is 4.98 Å². The summed E-state index contributed by atoms with van der Waals surface area (Å²) in [4.78, 5) is 15.6. The van der Waals surface area contributed by atoms with Crippen molar-refractivity contribution in [2.45, 2.75) is 25.4 Å². The van der Waals surface area contributed by atoms with E-state index in [2.05, 4.69) is 25.3 Å². The quantitative estimate of drug-likeness (QED) is 0.374. The molecule has 4 rings (SSSR count). The highest BCUT2D eigenvalue weighted by atomic mass is 32.1. The Morgan fingerprint density at radius 3 is 2.41 bits per heavy atom. The summed E-state index contributed by atoms with van der Waals surface area (Å²) in [7, 11) is 0. The molecule has 1 aromatic heterocycles. The monoisotopic (exact) mass is 492 g/mol. The van der Waals surface area contributed by atoms with Crippen molar-refractivity contribution in [1.29, 1.82) is 0 Å². The first-order valence-electron chi connectivity index (χ1n) is 11.2. The summed E-state index contributed by atoms with van der Waals surface area (Å²) in [5.74, 6) is 1.40. The number of aromatic nitrogens is 2. The molecule has 8 nitrogen and oxygen atoms in total. The number of hydrogen-bond donors (Lipinski definition) is 2. The van der Waals surface area contributed by atoms with E-state index in [4.69, 9.17) is 22.9 Å². The molecule has 0 aliphatic carbocycles. The maximum absolute atomic E-state index is 13.1. The molecule has 182 valence electrons. The summed E-state index contributed by atoms with van der Waals surface area (Å²) in [5.41, 5.74) is 8.69. The lowest BCUT2D eigenvalue weighted by Crippen LogP contribution is -2.47. The summed E-state index contributed by atoms with van der Waals surface area (Å²) in [5, 5.41) is 4.13. The van der Waals surface area contributed by atoms with Gasteiger partial charge >= 0.3 is 6.18 Å². The van der Waals surface area contributed by atoms with Gasteiger partial charge in [0.15, 0.2) is 5.11 Å². The maximum Gasteiger partial charge on any atom is 0.416 e. The van der Waals surface area contributed by atoms with Gasteiger partial charge in [-0.05, 0) is 49.7 Å². The molecule has 12 heteroatoms.